The van der Waals surface area contributed by atoms with E-state index in [4.69, 9.17) is 4.74 Å². The zero-order valence-corrected chi connectivity index (χ0v) is 13.7. The quantitative estimate of drug-likeness (QED) is 0.875. The van der Waals surface area contributed by atoms with Crippen LogP contribution in [0.5, 0.6) is 0 Å². The molecule has 0 aliphatic rings. The number of anilines is 2. The summed E-state index contributed by atoms with van der Waals surface area (Å²) in [5.74, 6) is -0.797. The summed E-state index contributed by atoms with van der Waals surface area (Å²) in [5.41, 5.74) is 0.672. The van der Waals surface area contributed by atoms with Crippen LogP contribution in [0.1, 0.15) is 31.1 Å². The second-order valence-corrected chi connectivity index (χ2v) is 6.17. The number of ether oxygens (including phenoxy) is 1. The molecule has 5 nitrogen and oxygen atoms in total. The van der Waals surface area contributed by atoms with Gasteiger partial charge in [-0.15, -0.1) is 0 Å². The summed E-state index contributed by atoms with van der Waals surface area (Å²) in [4.78, 5) is 23.8. The number of amides is 2. The lowest BCUT2D eigenvalue weighted by Crippen LogP contribution is -2.27. The van der Waals surface area contributed by atoms with Gasteiger partial charge in [0, 0.05) is 16.9 Å². The van der Waals surface area contributed by atoms with E-state index in [1.165, 1.54) is 18.2 Å². The third-order valence-corrected chi connectivity index (χ3v) is 2.87. The summed E-state index contributed by atoms with van der Waals surface area (Å²) in [7, 11) is 0. The highest BCUT2D eigenvalue weighted by atomic mass is 19.1. The zero-order chi connectivity index (χ0) is 17.7. The molecule has 0 bridgehead atoms. The van der Waals surface area contributed by atoms with Crippen molar-refractivity contribution in [3.8, 4) is 0 Å². The van der Waals surface area contributed by atoms with Crippen LogP contribution in [0, 0.1) is 5.82 Å². The molecule has 2 N–H and O–H groups in total. The summed E-state index contributed by atoms with van der Waals surface area (Å²) in [6.45, 7) is 5.31. The molecule has 0 aliphatic carbocycles. The largest absolute Gasteiger partial charge is 0.444 e. The minimum absolute atomic E-state index is 0.371. The Bertz CT molecular complexity index is 737. The topological polar surface area (TPSA) is 67.4 Å². The Balaban J connectivity index is 1.98. The van der Waals surface area contributed by atoms with Crippen LogP contribution >= 0.6 is 0 Å². The maximum absolute atomic E-state index is 13.1. The minimum Gasteiger partial charge on any atom is -0.444 e. The first-order chi connectivity index (χ1) is 11.2. The average Bonchev–Trinajstić information content (AvgIpc) is 2.45. The lowest BCUT2D eigenvalue weighted by Gasteiger charge is -2.19. The van der Waals surface area contributed by atoms with Crippen LogP contribution in [0.3, 0.4) is 0 Å². The lowest BCUT2D eigenvalue weighted by molar-refractivity contribution is 0.0636. The van der Waals surface area contributed by atoms with Gasteiger partial charge >= 0.3 is 6.09 Å². The Hall–Kier alpha value is -2.89. The van der Waals surface area contributed by atoms with Crippen LogP contribution in [-0.4, -0.2) is 17.6 Å². The Kier molecular flexibility index (Phi) is 5.18. The number of hydrogen-bond acceptors (Lipinski definition) is 3. The van der Waals surface area contributed by atoms with Crippen molar-refractivity contribution in [2.24, 2.45) is 0 Å². The number of nitrogens with one attached hydrogen (secondary N) is 2. The second-order valence-electron chi connectivity index (χ2n) is 6.17. The van der Waals surface area contributed by atoms with Crippen LogP contribution in [0.15, 0.2) is 48.5 Å². The molecule has 126 valence electrons. The van der Waals surface area contributed by atoms with Crippen molar-refractivity contribution in [3.63, 3.8) is 0 Å². The number of carbonyl (C=O) groups excluding carboxylic acids is 2. The zero-order valence-electron chi connectivity index (χ0n) is 13.7. The molecule has 2 aromatic carbocycles. The summed E-state index contributed by atoms with van der Waals surface area (Å²) >= 11 is 0. The van der Waals surface area contributed by atoms with Gasteiger partial charge in [0.05, 0.1) is 0 Å². The van der Waals surface area contributed by atoms with Gasteiger partial charge < -0.3 is 10.1 Å². The molecule has 0 radical (unpaired) electrons. The molecule has 0 spiro atoms. The maximum atomic E-state index is 13.1. The van der Waals surface area contributed by atoms with Crippen LogP contribution in [-0.2, 0) is 4.74 Å². The van der Waals surface area contributed by atoms with E-state index in [1.54, 1.807) is 51.1 Å². The van der Waals surface area contributed by atoms with Crippen molar-refractivity contribution in [2.75, 3.05) is 10.6 Å². The van der Waals surface area contributed by atoms with E-state index in [0.717, 1.165) is 0 Å². The van der Waals surface area contributed by atoms with Gasteiger partial charge in [-0.05, 0) is 63.2 Å². The molecule has 2 rings (SSSR count). The standard InChI is InChI=1S/C18H19FN2O3/c1-18(2,3)24-17(23)21-14-9-7-12(8-10-14)16(22)20-15-6-4-5-13(19)11-15/h4-11H,1-3H3,(H,20,22)(H,21,23). The number of rotatable bonds is 3. The van der Waals surface area contributed by atoms with Gasteiger partial charge in [0.2, 0.25) is 0 Å². The van der Waals surface area contributed by atoms with Crippen LogP contribution in [0.25, 0.3) is 0 Å². The van der Waals surface area contributed by atoms with Crippen molar-refractivity contribution in [1.29, 1.82) is 0 Å². The van der Waals surface area contributed by atoms with E-state index in [1.807, 2.05) is 0 Å². The molecule has 0 saturated heterocycles. The first-order valence-electron chi connectivity index (χ1n) is 7.40. The lowest BCUT2D eigenvalue weighted by atomic mass is 10.2. The van der Waals surface area contributed by atoms with Crippen molar-refractivity contribution >= 4 is 23.4 Å². The molecule has 2 aromatic rings. The third kappa shape index (κ3) is 5.39. The first kappa shape index (κ1) is 17.5. The van der Waals surface area contributed by atoms with Gasteiger partial charge in [0.1, 0.15) is 11.4 Å². The molecule has 0 aliphatic heterocycles. The SMILES string of the molecule is CC(C)(C)OC(=O)Nc1ccc(C(=O)Nc2cccc(F)c2)cc1. The summed E-state index contributed by atoms with van der Waals surface area (Å²) < 4.78 is 18.3. The Morgan fingerprint density at radius 2 is 1.62 bits per heavy atom. The van der Waals surface area contributed by atoms with E-state index in [0.29, 0.717) is 16.9 Å². The molecule has 6 heteroatoms. The average molecular weight is 330 g/mol. The van der Waals surface area contributed by atoms with Gasteiger partial charge in [0.15, 0.2) is 0 Å². The number of halogens is 1. The van der Waals surface area contributed by atoms with Gasteiger partial charge in [-0.2, -0.15) is 0 Å². The Labute approximate surface area is 139 Å². The van der Waals surface area contributed by atoms with Crippen LogP contribution < -0.4 is 10.6 Å². The molecule has 0 heterocycles. The monoisotopic (exact) mass is 330 g/mol. The van der Waals surface area contributed by atoms with Gasteiger partial charge in [-0.25, -0.2) is 9.18 Å². The Morgan fingerprint density at radius 3 is 2.21 bits per heavy atom. The third-order valence-electron chi connectivity index (χ3n) is 2.87. The molecule has 24 heavy (non-hydrogen) atoms. The smallest absolute Gasteiger partial charge is 0.412 e. The first-order valence-corrected chi connectivity index (χ1v) is 7.40. The minimum atomic E-state index is -0.588. The van der Waals surface area contributed by atoms with Crippen molar-refractivity contribution in [3.05, 3.63) is 59.9 Å². The van der Waals surface area contributed by atoms with Crippen molar-refractivity contribution in [1.82, 2.24) is 0 Å². The van der Waals surface area contributed by atoms with E-state index in [9.17, 15) is 14.0 Å². The van der Waals surface area contributed by atoms with Gasteiger partial charge in [-0.1, -0.05) is 6.07 Å². The Morgan fingerprint density at radius 1 is 0.958 bits per heavy atom. The van der Waals surface area contributed by atoms with E-state index < -0.39 is 17.5 Å². The van der Waals surface area contributed by atoms with Gasteiger partial charge in [-0.3, -0.25) is 10.1 Å². The van der Waals surface area contributed by atoms with Crippen molar-refractivity contribution in [2.45, 2.75) is 26.4 Å². The summed E-state index contributed by atoms with van der Waals surface area (Å²) in [6.07, 6.45) is -0.570. The fourth-order valence-corrected chi connectivity index (χ4v) is 1.90. The normalized spacial score (nSPS) is 10.8. The predicted molar refractivity (Wildman–Crippen MR) is 90.7 cm³/mol. The highest BCUT2D eigenvalue weighted by molar-refractivity contribution is 6.04. The van der Waals surface area contributed by atoms with E-state index >= 15 is 0 Å². The fraction of sp³-hybridized carbons (Fsp3) is 0.222. The van der Waals surface area contributed by atoms with E-state index in [2.05, 4.69) is 10.6 Å². The second kappa shape index (κ2) is 7.12. The number of benzene rings is 2. The molecule has 0 unspecified atom stereocenters. The van der Waals surface area contributed by atoms with Gasteiger partial charge in [0.25, 0.3) is 5.91 Å². The highest BCUT2D eigenvalue weighted by Crippen LogP contribution is 2.15. The van der Waals surface area contributed by atoms with E-state index in [-0.39, 0.29) is 5.91 Å². The summed E-state index contributed by atoms with van der Waals surface area (Å²) in [5, 5.41) is 5.18. The molecule has 0 aromatic heterocycles. The van der Waals surface area contributed by atoms with Crippen LogP contribution in [0.2, 0.25) is 0 Å². The maximum Gasteiger partial charge on any atom is 0.412 e. The molecular weight excluding hydrogens is 311 g/mol. The summed E-state index contributed by atoms with van der Waals surface area (Å²) in [6, 6.07) is 11.9. The molecular formula is C18H19FN2O3. The fourth-order valence-electron chi connectivity index (χ4n) is 1.90. The van der Waals surface area contributed by atoms with Crippen LogP contribution in [0.4, 0.5) is 20.6 Å². The molecule has 0 saturated carbocycles. The predicted octanol–water partition coefficient (Wildman–Crippen LogP) is 4.43. The number of carbonyl (C=O) groups is 2. The molecule has 0 atom stereocenters. The number of hydrogen-bond donors (Lipinski definition) is 2. The highest BCUT2D eigenvalue weighted by Gasteiger charge is 2.16. The molecule has 0 fully saturated rings. The van der Waals surface area contributed by atoms with Crippen molar-refractivity contribution < 1.29 is 18.7 Å². The molecule has 2 amide bonds.